The van der Waals surface area contributed by atoms with Crippen molar-refractivity contribution in [2.24, 2.45) is 23.7 Å². The van der Waals surface area contributed by atoms with Gasteiger partial charge in [-0.2, -0.15) is 0 Å². The van der Waals surface area contributed by atoms with Crippen molar-refractivity contribution >= 4 is 15.9 Å². The first-order valence-corrected chi connectivity index (χ1v) is 8.05. The van der Waals surface area contributed by atoms with Crippen molar-refractivity contribution in [2.45, 2.75) is 38.3 Å². The number of rotatable bonds is 3. The van der Waals surface area contributed by atoms with Crippen molar-refractivity contribution < 1.29 is 0 Å². The van der Waals surface area contributed by atoms with Gasteiger partial charge in [0.05, 0.1) is 0 Å². The predicted octanol–water partition coefficient (Wildman–Crippen LogP) is 4.14. The largest absolute Gasteiger partial charge is 0.307 e. The highest BCUT2D eigenvalue weighted by molar-refractivity contribution is 9.10. The third kappa shape index (κ3) is 1.61. The Bertz CT molecular complexity index is 456. The molecule has 0 amide bonds. The van der Waals surface area contributed by atoms with Crippen molar-refractivity contribution in [3.05, 3.63) is 34.3 Å². The topological polar surface area (TPSA) is 12.0 Å². The van der Waals surface area contributed by atoms with Crippen molar-refractivity contribution in [3.63, 3.8) is 0 Å². The molecule has 5 atom stereocenters. The molecule has 0 radical (unpaired) electrons. The molecular weight excluding hydrogens is 286 g/mol. The van der Waals surface area contributed by atoms with Crippen molar-refractivity contribution in [2.75, 3.05) is 0 Å². The fraction of sp³-hybridized carbons (Fsp3) is 0.625. The highest BCUT2D eigenvalue weighted by Crippen LogP contribution is 2.65. The van der Waals surface area contributed by atoms with E-state index in [0.717, 1.165) is 29.7 Å². The van der Waals surface area contributed by atoms with Crippen LogP contribution >= 0.6 is 15.9 Å². The normalized spacial score (nSPS) is 41.8. The van der Waals surface area contributed by atoms with Crippen LogP contribution in [0.15, 0.2) is 28.7 Å². The van der Waals surface area contributed by atoms with Crippen molar-refractivity contribution in [1.82, 2.24) is 5.32 Å². The van der Waals surface area contributed by atoms with E-state index >= 15 is 0 Å². The first-order chi connectivity index (χ1) is 8.75. The first kappa shape index (κ1) is 11.5. The fourth-order valence-electron chi connectivity index (χ4n) is 4.75. The number of hydrogen-bond acceptors (Lipinski definition) is 1. The minimum absolute atomic E-state index is 0.468. The summed E-state index contributed by atoms with van der Waals surface area (Å²) < 4.78 is 1.23. The smallest absolute Gasteiger partial charge is 0.0305 e. The van der Waals surface area contributed by atoms with Crippen LogP contribution in [-0.2, 0) is 0 Å². The Hall–Kier alpha value is -0.340. The van der Waals surface area contributed by atoms with Gasteiger partial charge in [-0.15, -0.1) is 0 Å². The summed E-state index contributed by atoms with van der Waals surface area (Å²) in [5.41, 5.74) is 1.40. The molecule has 2 bridgehead atoms. The van der Waals surface area contributed by atoms with Gasteiger partial charge in [0, 0.05) is 16.6 Å². The summed E-state index contributed by atoms with van der Waals surface area (Å²) in [5.74, 6) is 4.16. The van der Waals surface area contributed by atoms with E-state index in [1.54, 1.807) is 0 Å². The fourth-order valence-corrected chi connectivity index (χ4v) is 5.38. The number of hydrogen-bond donors (Lipinski definition) is 1. The highest BCUT2D eigenvalue weighted by Gasteiger charge is 2.64. The third-order valence-corrected chi connectivity index (χ3v) is 6.27. The quantitative estimate of drug-likeness (QED) is 0.885. The van der Waals surface area contributed by atoms with E-state index in [9.17, 15) is 0 Å². The molecule has 3 saturated carbocycles. The lowest BCUT2D eigenvalue weighted by Crippen LogP contribution is -2.26. The lowest BCUT2D eigenvalue weighted by molar-refractivity contribution is 0.433. The number of halogens is 1. The Kier molecular flexibility index (Phi) is 2.60. The SMILES string of the molecule is CC(NC1C2C3CCC(C3)C12)c1ccccc1Br. The summed E-state index contributed by atoms with van der Waals surface area (Å²) in [6.07, 6.45) is 4.55. The highest BCUT2D eigenvalue weighted by atomic mass is 79.9. The minimum atomic E-state index is 0.468. The van der Waals surface area contributed by atoms with Crippen LogP contribution in [0.2, 0.25) is 0 Å². The second-order valence-corrected chi connectivity index (χ2v) is 7.28. The summed E-state index contributed by atoms with van der Waals surface area (Å²) >= 11 is 3.66. The molecule has 0 aromatic heterocycles. The number of nitrogens with one attached hydrogen (secondary N) is 1. The Morgan fingerprint density at radius 2 is 1.83 bits per heavy atom. The lowest BCUT2D eigenvalue weighted by Gasteiger charge is -2.18. The molecule has 2 heteroatoms. The third-order valence-electron chi connectivity index (χ3n) is 5.55. The van der Waals surface area contributed by atoms with Gasteiger partial charge in [-0.25, -0.2) is 0 Å². The molecule has 3 aliphatic rings. The molecule has 18 heavy (non-hydrogen) atoms. The van der Waals surface area contributed by atoms with Gasteiger partial charge < -0.3 is 5.32 Å². The molecule has 0 spiro atoms. The molecule has 3 aliphatic carbocycles. The molecule has 0 aliphatic heterocycles. The van der Waals surface area contributed by atoms with Gasteiger partial charge in [0.1, 0.15) is 0 Å². The zero-order valence-electron chi connectivity index (χ0n) is 10.8. The Balaban J connectivity index is 1.46. The van der Waals surface area contributed by atoms with Crippen LogP contribution in [0.5, 0.6) is 0 Å². The Labute approximate surface area is 117 Å². The molecule has 1 aromatic carbocycles. The van der Waals surface area contributed by atoms with Gasteiger partial charge in [0.2, 0.25) is 0 Å². The van der Waals surface area contributed by atoms with Crippen LogP contribution in [0.1, 0.15) is 37.8 Å². The Morgan fingerprint density at radius 3 is 2.50 bits per heavy atom. The van der Waals surface area contributed by atoms with E-state index in [2.05, 4.69) is 52.4 Å². The number of fused-ring (bicyclic) bond motifs is 5. The number of benzene rings is 1. The first-order valence-electron chi connectivity index (χ1n) is 7.26. The average molecular weight is 306 g/mol. The van der Waals surface area contributed by atoms with Gasteiger partial charge in [-0.1, -0.05) is 34.1 Å². The second-order valence-electron chi connectivity index (χ2n) is 6.42. The van der Waals surface area contributed by atoms with Gasteiger partial charge in [0.25, 0.3) is 0 Å². The van der Waals surface area contributed by atoms with Gasteiger partial charge >= 0.3 is 0 Å². The van der Waals surface area contributed by atoms with Crippen LogP contribution in [0, 0.1) is 23.7 Å². The van der Waals surface area contributed by atoms with Crippen LogP contribution < -0.4 is 5.32 Å². The molecule has 0 heterocycles. The van der Waals surface area contributed by atoms with Crippen LogP contribution in [0.3, 0.4) is 0 Å². The molecular formula is C16H20BrN. The summed E-state index contributed by atoms with van der Waals surface area (Å²) in [4.78, 5) is 0. The molecule has 4 rings (SSSR count). The molecule has 96 valence electrons. The standard InChI is InChI=1S/C16H20BrN/c1-9(12-4-2-3-5-13(12)17)18-16-14-10-6-7-11(8-10)15(14)16/h2-5,9-11,14-16,18H,6-8H2,1H3. The zero-order valence-corrected chi connectivity index (χ0v) is 12.4. The van der Waals surface area contributed by atoms with Gasteiger partial charge in [-0.05, 0) is 61.5 Å². The monoisotopic (exact) mass is 305 g/mol. The van der Waals surface area contributed by atoms with Crippen LogP contribution in [0.25, 0.3) is 0 Å². The van der Waals surface area contributed by atoms with E-state index in [1.165, 1.54) is 29.3 Å². The van der Waals surface area contributed by atoms with Crippen molar-refractivity contribution in [1.29, 1.82) is 0 Å². The molecule has 5 unspecified atom stereocenters. The molecule has 1 nitrogen and oxygen atoms in total. The van der Waals surface area contributed by atoms with E-state index in [4.69, 9.17) is 0 Å². The Morgan fingerprint density at radius 1 is 1.17 bits per heavy atom. The van der Waals surface area contributed by atoms with Gasteiger partial charge in [0.15, 0.2) is 0 Å². The van der Waals surface area contributed by atoms with E-state index in [-0.39, 0.29) is 0 Å². The van der Waals surface area contributed by atoms with Crippen LogP contribution in [0.4, 0.5) is 0 Å². The lowest BCUT2D eigenvalue weighted by atomic mass is 10.0. The molecule has 3 fully saturated rings. The molecule has 1 N–H and O–H groups in total. The molecule has 1 aromatic rings. The summed E-state index contributed by atoms with van der Waals surface area (Å²) in [7, 11) is 0. The van der Waals surface area contributed by atoms with Crippen LogP contribution in [-0.4, -0.2) is 6.04 Å². The minimum Gasteiger partial charge on any atom is -0.307 e. The second kappa shape index (κ2) is 4.08. The van der Waals surface area contributed by atoms with E-state index in [0.29, 0.717) is 6.04 Å². The predicted molar refractivity (Wildman–Crippen MR) is 77.3 cm³/mol. The van der Waals surface area contributed by atoms with E-state index < -0.39 is 0 Å². The average Bonchev–Trinajstić information content (AvgIpc) is 2.77. The molecule has 0 saturated heterocycles. The maximum atomic E-state index is 3.88. The maximum Gasteiger partial charge on any atom is 0.0305 e. The van der Waals surface area contributed by atoms with Crippen molar-refractivity contribution in [3.8, 4) is 0 Å². The summed E-state index contributed by atoms with van der Waals surface area (Å²) in [6, 6.07) is 9.88. The van der Waals surface area contributed by atoms with E-state index in [1.807, 2.05) is 0 Å². The van der Waals surface area contributed by atoms with Gasteiger partial charge in [-0.3, -0.25) is 0 Å². The zero-order chi connectivity index (χ0) is 12.3. The summed E-state index contributed by atoms with van der Waals surface area (Å²) in [5, 5.41) is 3.88. The summed E-state index contributed by atoms with van der Waals surface area (Å²) in [6.45, 7) is 2.30. The maximum absolute atomic E-state index is 3.88.